The highest BCUT2D eigenvalue weighted by molar-refractivity contribution is 5.53. The average molecular weight is 166 g/mol. The standard InChI is InChI=1S/C9H14N2O/c1-7(2)12-9-6-11-5-4-8(9)10-3/h4-7H,1-3H3,(H,10,11). The van der Waals surface area contributed by atoms with E-state index in [0.29, 0.717) is 0 Å². The van der Waals surface area contributed by atoms with E-state index >= 15 is 0 Å². The Morgan fingerprint density at radius 2 is 2.25 bits per heavy atom. The molecule has 0 aliphatic carbocycles. The van der Waals surface area contributed by atoms with Crippen molar-refractivity contribution in [2.45, 2.75) is 20.0 Å². The number of rotatable bonds is 3. The number of ether oxygens (including phenoxy) is 1. The molecule has 1 rings (SSSR count). The van der Waals surface area contributed by atoms with E-state index in [0.717, 1.165) is 11.4 Å². The van der Waals surface area contributed by atoms with Crippen LogP contribution in [-0.4, -0.2) is 18.1 Å². The van der Waals surface area contributed by atoms with Gasteiger partial charge in [-0.2, -0.15) is 0 Å². The topological polar surface area (TPSA) is 34.2 Å². The van der Waals surface area contributed by atoms with Crippen LogP contribution in [0.4, 0.5) is 5.69 Å². The average Bonchev–Trinajstić information content (AvgIpc) is 2.04. The Morgan fingerprint density at radius 1 is 1.50 bits per heavy atom. The van der Waals surface area contributed by atoms with Crippen molar-refractivity contribution in [3.8, 4) is 5.75 Å². The van der Waals surface area contributed by atoms with Gasteiger partial charge in [0.15, 0.2) is 5.75 Å². The maximum Gasteiger partial charge on any atom is 0.161 e. The highest BCUT2D eigenvalue weighted by Gasteiger charge is 2.02. The van der Waals surface area contributed by atoms with Gasteiger partial charge in [0.1, 0.15) is 0 Å². The van der Waals surface area contributed by atoms with Crippen LogP contribution in [0.3, 0.4) is 0 Å². The van der Waals surface area contributed by atoms with Gasteiger partial charge in [-0.3, -0.25) is 4.98 Å². The molecule has 0 aliphatic rings. The number of pyridine rings is 1. The molecule has 0 unspecified atom stereocenters. The molecule has 0 bridgehead atoms. The highest BCUT2D eigenvalue weighted by Crippen LogP contribution is 2.22. The lowest BCUT2D eigenvalue weighted by Gasteiger charge is -2.12. The van der Waals surface area contributed by atoms with Crippen molar-refractivity contribution in [1.82, 2.24) is 4.98 Å². The Hall–Kier alpha value is -1.25. The van der Waals surface area contributed by atoms with Crippen molar-refractivity contribution in [2.24, 2.45) is 0 Å². The summed E-state index contributed by atoms with van der Waals surface area (Å²) in [4.78, 5) is 3.98. The van der Waals surface area contributed by atoms with Crippen LogP contribution in [0.5, 0.6) is 5.75 Å². The Labute approximate surface area is 72.8 Å². The van der Waals surface area contributed by atoms with Crippen molar-refractivity contribution in [2.75, 3.05) is 12.4 Å². The van der Waals surface area contributed by atoms with Crippen LogP contribution in [0.15, 0.2) is 18.5 Å². The van der Waals surface area contributed by atoms with E-state index in [2.05, 4.69) is 10.3 Å². The molecule has 12 heavy (non-hydrogen) atoms. The molecule has 0 saturated carbocycles. The van der Waals surface area contributed by atoms with Crippen LogP contribution < -0.4 is 10.1 Å². The van der Waals surface area contributed by atoms with Gasteiger partial charge in [0.2, 0.25) is 0 Å². The Bertz CT molecular complexity index is 248. The molecule has 3 heteroatoms. The molecular weight excluding hydrogens is 152 g/mol. The van der Waals surface area contributed by atoms with E-state index in [1.807, 2.05) is 27.0 Å². The summed E-state index contributed by atoms with van der Waals surface area (Å²) in [6.45, 7) is 3.98. The Balaban J connectivity index is 2.82. The molecule has 66 valence electrons. The molecule has 0 atom stereocenters. The number of hydrogen-bond donors (Lipinski definition) is 1. The molecule has 0 radical (unpaired) electrons. The van der Waals surface area contributed by atoms with Crippen LogP contribution in [0.1, 0.15) is 13.8 Å². The molecule has 3 nitrogen and oxygen atoms in total. The SMILES string of the molecule is CNc1ccncc1OC(C)C. The Kier molecular flexibility index (Phi) is 2.91. The minimum absolute atomic E-state index is 0.182. The molecule has 1 aromatic heterocycles. The zero-order chi connectivity index (χ0) is 8.97. The number of nitrogens with one attached hydrogen (secondary N) is 1. The smallest absolute Gasteiger partial charge is 0.161 e. The number of hydrogen-bond acceptors (Lipinski definition) is 3. The van der Waals surface area contributed by atoms with Crippen molar-refractivity contribution >= 4 is 5.69 Å². The Morgan fingerprint density at radius 3 is 2.83 bits per heavy atom. The van der Waals surface area contributed by atoms with Gasteiger partial charge in [0.05, 0.1) is 18.0 Å². The number of anilines is 1. The lowest BCUT2D eigenvalue weighted by atomic mass is 10.3. The first-order valence-electron chi connectivity index (χ1n) is 4.02. The summed E-state index contributed by atoms with van der Waals surface area (Å²) in [7, 11) is 1.86. The van der Waals surface area contributed by atoms with Gasteiger partial charge in [0, 0.05) is 13.2 Å². The predicted molar refractivity (Wildman–Crippen MR) is 49.5 cm³/mol. The summed E-state index contributed by atoms with van der Waals surface area (Å²) < 4.78 is 5.51. The molecular formula is C9H14N2O. The fourth-order valence-electron chi connectivity index (χ4n) is 0.934. The molecule has 1 heterocycles. The quantitative estimate of drug-likeness (QED) is 0.744. The molecule has 0 aromatic carbocycles. The summed E-state index contributed by atoms with van der Waals surface area (Å²) in [6.07, 6.45) is 3.63. The predicted octanol–water partition coefficient (Wildman–Crippen LogP) is 1.91. The number of aromatic nitrogens is 1. The van der Waals surface area contributed by atoms with Crippen LogP contribution in [0, 0.1) is 0 Å². The normalized spacial score (nSPS) is 10.0. The first-order chi connectivity index (χ1) is 5.74. The minimum Gasteiger partial charge on any atom is -0.487 e. The molecule has 0 saturated heterocycles. The van der Waals surface area contributed by atoms with Crippen molar-refractivity contribution in [3.05, 3.63) is 18.5 Å². The molecule has 1 aromatic rings. The van der Waals surface area contributed by atoms with E-state index in [1.54, 1.807) is 12.4 Å². The molecule has 0 amide bonds. The van der Waals surface area contributed by atoms with E-state index in [-0.39, 0.29) is 6.10 Å². The lowest BCUT2D eigenvalue weighted by Crippen LogP contribution is -2.07. The molecule has 0 aliphatic heterocycles. The van der Waals surface area contributed by atoms with E-state index in [9.17, 15) is 0 Å². The summed E-state index contributed by atoms with van der Waals surface area (Å²) in [5, 5.41) is 3.04. The van der Waals surface area contributed by atoms with Gasteiger partial charge >= 0.3 is 0 Å². The third-order valence-corrected chi connectivity index (χ3v) is 1.42. The second-order valence-electron chi connectivity index (χ2n) is 2.79. The van der Waals surface area contributed by atoms with Gasteiger partial charge in [0.25, 0.3) is 0 Å². The third kappa shape index (κ3) is 2.12. The van der Waals surface area contributed by atoms with Crippen LogP contribution in [0.2, 0.25) is 0 Å². The summed E-state index contributed by atoms with van der Waals surface area (Å²) in [5.74, 6) is 0.801. The van der Waals surface area contributed by atoms with Gasteiger partial charge in [-0.1, -0.05) is 0 Å². The van der Waals surface area contributed by atoms with Gasteiger partial charge in [-0.15, -0.1) is 0 Å². The number of nitrogens with zero attached hydrogens (tertiary/aromatic N) is 1. The maximum absolute atomic E-state index is 5.51. The molecule has 0 spiro atoms. The fourth-order valence-corrected chi connectivity index (χ4v) is 0.934. The van der Waals surface area contributed by atoms with Gasteiger partial charge < -0.3 is 10.1 Å². The molecule has 1 N–H and O–H groups in total. The largest absolute Gasteiger partial charge is 0.487 e. The fraction of sp³-hybridized carbons (Fsp3) is 0.444. The van der Waals surface area contributed by atoms with Crippen molar-refractivity contribution in [1.29, 1.82) is 0 Å². The highest BCUT2D eigenvalue weighted by atomic mass is 16.5. The van der Waals surface area contributed by atoms with Crippen LogP contribution in [0.25, 0.3) is 0 Å². The maximum atomic E-state index is 5.51. The molecule has 0 fully saturated rings. The first-order valence-corrected chi connectivity index (χ1v) is 4.02. The first kappa shape index (κ1) is 8.84. The second-order valence-corrected chi connectivity index (χ2v) is 2.79. The van der Waals surface area contributed by atoms with Crippen molar-refractivity contribution in [3.63, 3.8) is 0 Å². The van der Waals surface area contributed by atoms with Gasteiger partial charge in [-0.05, 0) is 19.9 Å². The zero-order valence-corrected chi connectivity index (χ0v) is 7.66. The summed E-state index contributed by atoms with van der Waals surface area (Å²) in [5.41, 5.74) is 0.971. The van der Waals surface area contributed by atoms with E-state index in [4.69, 9.17) is 4.74 Å². The zero-order valence-electron chi connectivity index (χ0n) is 7.66. The van der Waals surface area contributed by atoms with Crippen LogP contribution >= 0.6 is 0 Å². The third-order valence-electron chi connectivity index (χ3n) is 1.42. The van der Waals surface area contributed by atoms with Gasteiger partial charge in [-0.25, -0.2) is 0 Å². The van der Waals surface area contributed by atoms with E-state index in [1.165, 1.54) is 0 Å². The van der Waals surface area contributed by atoms with E-state index < -0.39 is 0 Å². The second kappa shape index (κ2) is 3.95. The van der Waals surface area contributed by atoms with Crippen molar-refractivity contribution < 1.29 is 4.74 Å². The van der Waals surface area contributed by atoms with Crippen LogP contribution in [-0.2, 0) is 0 Å². The monoisotopic (exact) mass is 166 g/mol. The summed E-state index contributed by atoms with van der Waals surface area (Å²) >= 11 is 0. The summed E-state index contributed by atoms with van der Waals surface area (Å²) in [6, 6.07) is 1.89. The minimum atomic E-state index is 0.182. The lowest BCUT2D eigenvalue weighted by molar-refractivity contribution is 0.243.